The predicted molar refractivity (Wildman–Crippen MR) is 211 cm³/mol. The molecule has 0 aliphatic heterocycles. The summed E-state index contributed by atoms with van der Waals surface area (Å²) in [6.45, 7) is 3.04. The van der Waals surface area contributed by atoms with Crippen molar-refractivity contribution in [2.24, 2.45) is 12.8 Å². The Balaban J connectivity index is 0.000000347. The number of amides is 2. The Labute approximate surface area is 358 Å². The number of anilines is 1. The van der Waals surface area contributed by atoms with Crippen LogP contribution in [0.15, 0.2) is 47.5 Å². The van der Waals surface area contributed by atoms with Crippen molar-refractivity contribution in [2.45, 2.75) is 30.6 Å². The molecular formula is C32H36Cl2F3N8O15PS. The smallest absolute Gasteiger partial charge is 0.416 e. The van der Waals surface area contributed by atoms with Gasteiger partial charge in [0.1, 0.15) is 23.1 Å². The molecule has 0 saturated carbocycles. The fourth-order valence-electron chi connectivity index (χ4n) is 4.30. The van der Waals surface area contributed by atoms with Crippen molar-refractivity contribution in [1.82, 2.24) is 24.5 Å². The van der Waals surface area contributed by atoms with E-state index in [0.29, 0.717) is 4.68 Å². The van der Waals surface area contributed by atoms with Crippen LogP contribution in [-0.2, 0) is 32.6 Å². The molecule has 2 aromatic heterocycles. The first-order chi connectivity index (χ1) is 28.6. The topological polar surface area (TPSA) is 337 Å². The molecule has 62 heavy (non-hydrogen) atoms. The molecule has 4 aromatic rings. The molecular weight excluding hydrogens is 927 g/mol. The summed E-state index contributed by atoms with van der Waals surface area (Å²) in [6.07, 6.45) is -4.52. The van der Waals surface area contributed by atoms with E-state index in [2.05, 4.69) is 20.4 Å². The van der Waals surface area contributed by atoms with Gasteiger partial charge in [-0.3, -0.25) is 29.5 Å². The molecule has 7 N–H and O–H groups in total. The monoisotopic (exact) mass is 962 g/mol. The molecule has 2 amide bonds. The molecule has 2 heterocycles. The number of nitrogens with one attached hydrogen (secondary N) is 2. The van der Waals surface area contributed by atoms with Gasteiger partial charge in [0.05, 0.1) is 42.4 Å². The fourth-order valence-corrected chi connectivity index (χ4v) is 6.85. The number of hydrogen-bond acceptors (Lipinski definition) is 16. The number of aryl methyl sites for hydroxylation is 1. The van der Waals surface area contributed by atoms with Crippen LogP contribution in [0.1, 0.15) is 29.3 Å². The van der Waals surface area contributed by atoms with Crippen molar-refractivity contribution in [3.63, 3.8) is 0 Å². The van der Waals surface area contributed by atoms with Crippen LogP contribution in [0.25, 0.3) is 0 Å². The third-order valence-corrected chi connectivity index (χ3v) is 10.1. The van der Waals surface area contributed by atoms with Gasteiger partial charge < -0.3 is 39.8 Å². The number of hydrogen-bond donors (Lipinski definition) is 6. The summed E-state index contributed by atoms with van der Waals surface area (Å²) in [4.78, 5) is 60.0. The average molecular weight is 964 g/mol. The molecule has 0 aliphatic carbocycles. The standard InChI is InChI=1S/C15H11ClF3NO4.C12H13ClN6O7S.C5H12NO4P/c1-2-23-14-8-10(4-5-12(14)20(21)22)24-13-6-3-9(7-11(13)16)15(17,18)19;1-19-9(7(10(20)21)8(13)17-19)27(23,24)18-12(22)16-11-14-5(25-2)4-6(15-11)26-3;1-11(9,10)3-2-4(6)5(7)8/h3-8H,2H2,1H3;4H,1-3H3,(H,20,21)(H2,14,15,16,18,22);4H,2-3,6H2,1H3,(H,7,8)(H,9,10). The number of aliphatic carboxylic acids is 1. The van der Waals surface area contributed by atoms with Gasteiger partial charge in [0.15, 0.2) is 17.5 Å². The number of rotatable bonds is 15. The predicted octanol–water partition coefficient (Wildman–Crippen LogP) is 5.24. The number of sulfonamides is 1. The maximum atomic E-state index is 12.6. The van der Waals surface area contributed by atoms with Crippen LogP contribution in [0.3, 0.4) is 0 Å². The van der Waals surface area contributed by atoms with Gasteiger partial charge in [-0.15, -0.1) is 0 Å². The minimum atomic E-state index is -4.64. The van der Waals surface area contributed by atoms with Crippen LogP contribution in [0.4, 0.5) is 29.6 Å². The molecule has 2 aromatic carbocycles. The third-order valence-electron chi connectivity index (χ3n) is 7.06. The number of carbonyl (C=O) groups is 3. The SMILES string of the molecule is CCOc1cc(Oc2ccc(C(F)(F)F)cc2Cl)ccc1[N+](=O)[O-].COc1cc(OC)nc(NC(=O)NS(=O)(=O)c2c(C(=O)O)c(Cl)nn2C)n1.CP(=O)(O)CCC(N)C(=O)O. The number of methoxy groups -OCH3 is 2. The highest BCUT2D eigenvalue weighted by molar-refractivity contribution is 7.90. The second kappa shape index (κ2) is 22.2. The lowest BCUT2D eigenvalue weighted by Crippen LogP contribution is -2.36. The van der Waals surface area contributed by atoms with E-state index in [4.69, 9.17) is 63.0 Å². The maximum absolute atomic E-state index is 12.6. The number of nitro benzene ring substituents is 1. The summed E-state index contributed by atoms with van der Waals surface area (Å²) in [5, 5.41) is 32.3. The normalized spacial score (nSPS) is 12.5. The van der Waals surface area contributed by atoms with E-state index >= 15 is 0 Å². The van der Waals surface area contributed by atoms with Gasteiger partial charge in [-0.2, -0.15) is 36.7 Å². The summed E-state index contributed by atoms with van der Waals surface area (Å²) >= 11 is 11.4. The molecule has 0 aliphatic rings. The van der Waals surface area contributed by atoms with Gasteiger partial charge in [-0.1, -0.05) is 23.2 Å². The average Bonchev–Trinajstić information content (AvgIpc) is 3.48. The number of alkyl halides is 3. The Morgan fingerprint density at radius 2 is 1.65 bits per heavy atom. The minimum Gasteiger partial charge on any atom is -0.487 e. The maximum Gasteiger partial charge on any atom is 0.416 e. The number of halogens is 5. The number of aromatic nitrogens is 4. The summed E-state index contributed by atoms with van der Waals surface area (Å²) < 4.78 is 95.9. The van der Waals surface area contributed by atoms with Gasteiger partial charge in [-0.05, 0) is 37.6 Å². The van der Waals surface area contributed by atoms with Crippen molar-refractivity contribution >= 4 is 70.2 Å². The number of urea groups is 1. The molecule has 2 atom stereocenters. The highest BCUT2D eigenvalue weighted by Gasteiger charge is 2.33. The summed E-state index contributed by atoms with van der Waals surface area (Å²) in [5.41, 5.74) is 3.16. The van der Waals surface area contributed by atoms with Gasteiger partial charge in [-0.25, -0.2) is 14.3 Å². The van der Waals surface area contributed by atoms with Gasteiger partial charge in [0.25, 0.3) is 10.0 Å². The first-order valence-electron chi connectivity index (χ1n) is 16.6. The van der Waals surface area contributed by atoms with Crippen molar-refractivity contribution in [3.05, 3.63) is 73.9 Å². The lowest BCUT2D eigenvalue weighted by atomic mass is 10.2. The summed E-state index contributed by atoms with van der Waals surface area (Å²) in [6, 6.07) is 5.43. The molecule has 0 radical (unpaired) electrons. The van der Waals surface area contributed by atoms with E-state index in [1.807, 2.05) is 0 Å². The number of ether oxygens (including phenoxy) is 4. The van der Waals surface area contributed by atoms with Crippen molar-refractivity contribution in [2.75, 3.05) is 39.0 Å². The second-order valence-corrected chi connectivity index (χ2v) is 16.7. The van der Waals surface area contributed by atoms with Crippen LogP contribution >= 0.6 is 30.6 Å². The van der Waals surface area contributed by atoms with Crippen LogP contribution in [-0.4, -0.2) is 106 Å². The molecule has 340 valence electrons. The number of nitrogens with two attached hydrogens (primary N) is 1. The van der Waals surface area contributed by atoms with E-state index in [1.165, 1.54) is 45.1 Å². The van der Waals surface area contributed by atoms with Crippen LogP contribution in [0, 0.1) is 10.1 Å². The molecule has 0 fully saturated rings. The Hall–Kier alpha value is -5.99. The number of aromatic carboxylic acids is 1. The van der Waals surface area contributed by atoms with Gasteiger partial charge in [0.2, 0.25) is 23.5 Å². The van der Waals surface area contributed by atoms with Crippen LogP contribution < -0.4 is 34.7 Å². The highest BCUT2D eigenvalue weighted by atomic mass is 35.5. The van der Waals surface area contributed by atoms with E-state index in [1.54, 1.807) is 11.6 Å². The van der Waals surface area contributed by atoms with E-state index < -0.39 is 73.8 Å². The number of carboxylic acid groups (broad SMARTS) is 2. The Bertz CT molecular complexity index is 2420. The molecule has 0 bridgehead atoms. The Morgan fingerprint density at radius 1 is 1.05 bits per heavy atom. The van der Waals surface area contributed by atoms with Crippen molar-refractivity contribution in [1.29, 1.82) is 0 Å². The van der Waals surface area contributed by atoms with E-state index in [9.17, 15) is 50.7 Å². The molecule has 4 rings (SSSR count). The van der Waals surface area contributed by atoms with E-state index in [0.717, 1.165) is 25.2 Å². The van der Waals surface area contributed by atoms with Gasteiger partial charge in [0, 0.05) is 32.0 Å². The minimum absolute atomic E-state index is 0.0111. The highest BCUT2D eigenvalue weighted by Crippen LogP contribution is 2.39. The third kappa shape index (κ3) is 15.8. The quantitative estimate of drug-likeness (QED) is 0.0504. The molecule has 2 unspecified atom stereocenters. The van der Waals surface area contributed by atoms with Gasteiger partial charge >= 0.3 is 29.8 Å². The summed E-state index contributed by atoms with van der Waals surface area (Å²) in [7, 11) is -3.96. The number of carbonyl (C=O) groups excluding carboxylic acids is 1. The largest absolute Gasteiger partial charge is 0.487 e. The lowest BCUT2D eigenvalue weighted by molar-refractivity contribution is -0.385. The molecule has 0 saturated heterocycles. The zero-order chi connectivity index (χ0) is 47.3. The zero-order valence-electron chi connectivity index (χ0n) is 32.5. The molecule has 0 spiro atoms. The van der Waals surface area contributed by atoms with Crippen molar-refractivity contribution in [3.8, 4) is 29.0 Å². The van der Waals surface area contributed by atoms with Crippen LogP contribution in [0.5, 0.6) is 29.0 Å². The first kappa shape index (κ1) is 52.1. The van der Waals surface area contributed by atoms with Crippen molar-refractivity contribution < 1.29 is 79.5 Å². The second-order valence-electron chi connectivity index (χ2n) is 11.8. The zero-order valence-corrected chi connectivity index (χ0v) is 35.8. The Morgan fingerprint density at radius 3 is 2.11 bits per heavy atom. The number of benzene rings is 2. The first-order valence-corrected chi connectivity index (χ1v) is 21.2. The number of carboxylic acids is 2. The molecule has 30 heteroatoms. The number of nitro groups is 1. The summed E-state index contributed by atoms with van der Waals surface area (Å²) in [5.74, 6) is -2.87. The van der Waals surface area contributed by atoms with Crippen LogP contribution in [0.2, 0.25) is 10.2 Å². The Kier molecular flexibility index (Phi) is 18.7. The lowest BCUT2D eigenvalue weighted by Gasteiger charge is -2.12. The fraction of sp³-hybridized carbons (Fsp3) is 0.312. The number of nitrogens with zero attached hydrogens (tertiary/aromatic N) is 5. The molecule has 23 nitrogen and oxygen atoms in total. The van der Waals surface area contributed by atoms with E-state index in [-0.39, 0.29) is 64.9 Å².